The van der Waals surface area contributed by atoms with Crippen molar-refractivity contribution in [2.24, 2.45) is 5.92 Å². The molecule has 1 atom stereocenters. The average Bonchev–Trinajstić information content (AvgIpc) is 2.55. The van der Waals surface area contributed by atoms with Gasteiger partial charge in [-0.05, 0) is 24.2 Å². The molecule has 1 aliphatic rings. The van der Waals surface area contributed by atoms with Crippen molar-refractivity contribution in [3.63, 3.8) is 0 Å². The van der Waals surface area contributed by atoms with Crippen molar-refractivity contribution in [1.82, 2.24) is 9.55 Å². The van der Waals surface area contributed by atoms with Gasteiger partial charge in [0, 0.05) is 18.7 Å². The molecule has 0 N–H and O–H groups in total. The highest BCUT2D eigenvalue weighted by Crippen LogP contribution is 2.31. The first kappa shape index (κ1) is 11.7. The van der Waals surface area contributed by atoms with Gasteiger partial charge in [0.25, 0.3) is 0 Å². The molecule has 0 aliphatic carbocycles. The number of fused-ring (bicyclic) bond motifs is 1. The van der Waals surface area contributed by atoms with Gasteiger partial charge in [-0.2, -0.15) is 0 Å². The summed E-state index contributed by atoms with van der Waals surface area (Å²) in [4.78, 5) is 4.88. The first-order valence-corrected chi connectivity index (χ1v) is 6.59. The standard InChI is InChI=1S/C14H24N2/c1-9(2)13-14(10(3)4)16-7-6-11(5)8-12(16)15-13/h9-11H,6-8H2,1-5H3. The maximum absolute atomic E-state index is 4.88. The normalized spacial score (nSPS) is 20.6. The molecule has 1 aliphatic heterocycles. The molecule has 0 spiro atoms. The number of hydrogen-bond donors (Lipinski definition) is 0. The molecular formula is C14H24N2. The van der Waals surface area contributed by atoms with Crippen LogP contribution in [0.4, 0.5) is 0 Å². The Morgan fingerprint density at radius 2 is 1.88 bits per heavy atom. The lowest BCUT2D eigenvalue weighted by Crippen LogP contribution is -2.19. The molecule has 0 bridgehead atoms. The smallest absolute Gasteiger partial charge is 0.109 e. The van der Waals surface area contributed by atoms with Gasteiger partial charge in [0.2, 0.25) is 0 Å². The van der Waals surface area contributed by atoms with E-state index in [9.17, 15) is 0 Å². The van der Waals surface area contributed by atoms with E-state index in [1.54, 1.807) is 0 Å². The zero-order chi connectivity index (χ0) is 11.9. The molecule has 2 rings (SSSR count). The Morgan fingerprint density at radius 3 is 2.44 bits per heavy atom. The first-order chi connectivity index (χ1) is 7.50. The van der Waals surface area contributed by atoms with Gasteiger partial charge < -0.3 is 4.57 Å². The van der Waals surface area contributed by atoms with Crippen LogP contribution in [0.5, 0.6) is 0 Å². The van der Waals surface area contributed by atoms with Crippen LogP contribution in [0.3, 0.4) is 0 Å². The molecule has 2 heteroatoms. The van der Waals surface area contributed by atoms with Crippen molar-refractivity contribution in [2.45, 2.75) is 65.8 Å². The fourth-order valence-corrected chi connectivity index (χ4v) is 2.73. The second-order valence-electron chi connectivity index (χ2n) is 5.86. The lowest BCUT2D eigenvalue weighted by Gasteiger charge is -2.23. The first-order valence-electron chi connectivity index (χ1n) is 6.59. The summed E-state index contributed by atoms with van der Waals surface area (Å²) in [6.07, 6.45) is 2.47. The number of hydrogen-bond acceptors (Lipinski definition) is 1. The van der Waals surface area contributed by atoms with Gasteiger partial charge >= 0.3 is 0 Å². The second-order valence-corrected chi connectivity index (χ2v) is 5.86. The summed E-state index contributed by atoms with van der Waals surface area (Å²) in [6, 6.07) is 0. The van der Waals surface area contributed by atoms with E-state index in [0.717, 1.165) is 12.3 Å². The summed E-state index contributed by atoms with van der Waals surface area (Å²) in [5.74, 6) is 3.26. The van der Waals surface area contributed by atoms with E-state index >= 15 is 0 Å². The Bertz CT molecular complexity index is 374. The predicted octanol–water partition coefficient (Wildman–Crippen LogP) is 3.71. The third-order valence-corrected chi connectivity index (χ3v) is 3.58. The van der Waals surface area contributed by atoms with Crippen LogP contribution in [0.25, 0.3) is 0 Å². The van der Waals surface area contributed by atoms with E-state index in [2.05, 4.69) is 39.2 Å². The number of rotatable bonds is 2. The van der Waals surface area contributed by atoms with E-state index in [-0.39, 0.29) is 0 Å². The number of imidazole rings is 1. The minimum atomic E-state index is 0.547. The molecule has 1 aromatic heterocycles. The molecule has 0 amide bonds. The zero-order valence-electron chi connectivity index (χ0n) is 11.2. The molecule has 90 valence electrons. The monoisotopic (exact) mass is 220 g/mol. The Morgan fingerprint density at radius 1 is 1.19 bits per heavy atom. The highest BCUT2D eigenvalue weighted by atomic mass is 15.1. The van der Waals surface area contributed by atoms with Gasteiger partial charge in [-0.25, -0.2) is 4.98 Å². The van der Waals surface area contributed by atoms with Crippen molar-refractivity contribution in [2.75, 3.05) is 0 Å². The van der Waals surface area contributed by atoms with Gasteiger partial charge in [0.1, 0.15) is 5.82 Å². The summed E-state index contributed by atoms with van der Waals surface area (Å²) in [7, 11) is 0. The SMILES string of the molecule is CC1CCn2c(nc(C(C)C)c2C(C)C)C1. The summed E-state index contributed by atoms with van der Waals surface area (Å²) in [5, 5.41) is 0. The molecule has 2 nitrogen and oxygen atoms in total. The minimum absolute atomic E-state index is 0.547. The third kappa shape index (κ3) is 1.90. The molecular weight excluding hydrogens is 196 g/mol. The van der Waals surface area contributed by atoms with Crippen molar-refractivity contribution in [3.05, 3.63) is 17.2 Å². The van der Waals surface area contributed by atoms with Crippen LogP contribution in [0, 0.1) is 5.92 Å². The van der Waals surface area contributed by atoms with E-state index in [0.29, 0.717) is 11.8 Å². The van der Waals surface area contributed by atoms with Crippen LogP contribution in [0.15, 0.2) is 0 Å². The van der Waals surface area contributed by atoms with E-state index in [4.69, 9.17) is 4.98 Å². The van der Waals surface area contributed by atoms with E-state index < -0.39 is 0 Å². The van der Waals surface area contributed by atoms with E-state index in [1.807, 2.05) is 0 Å². The topological polar surface area (TPSA) is 17.8 Å². The molecule has 0 saturated heterocycles. The highest BCUT2D eigenvalue weighted by Gasteiger charge is 2.25. The maximum atomic E-state index is 4.88. The van der Waals surface area contributed by atoms with Crippen molar-refractivity contribution in [1.29, 1.82) is 0 Å². The van der Waals surface area contributed by atoms with Crippen LogP contribution in [0.2, 0.25) is 0 Å². The van der Waals surface area contributed by atoms with Crippen molar-refractivity contribution in [3.8, 4) is 0 Å². The van der Waals surface area contributed by atoms with Gasteiger partial charge in [0.05, 0.1) is 5.69 Å². The quantitative estimate of drug-likeness (QED) is 0.743. The van der Waals surface area contributed by atoms with Crippen molar-refractivity contribution >= 4 is 0 Å². The van der Waals surface area contributed by atoms with Gasteiger partial charge in [-0.3, -0.25) is 0 Å². The third-order valence-electron chi connectivity index (χ3n) is 3.58. The fraction of sp³-hybridized carbons (Fsp3) is 0.786. The zero-order valence-corrected chi connectivity index (χ0v) is 11.2. The number of nitrogens with zero attached hydrogens (tertiary/aromatic N) is 2. The van der Waals surface area contributed by atoms with Crippen LogP contribution in [-0.4, -0.2) is 9.55 Å². The summed E-state index contributed by atoms with van der Waals surface area (Å²) >= 11 is 0. The molecule has 0 fully saturated rings. The Labute approximate surface area is 99.1 Å². The lowest BCUT2D eigenvalue weighted by atomic mass is 9.98. The van der Waals surface area contributed by atoms with Crippen LogP contribution in [0.1, 0.15) is 70.1 Å². The molecule has 0 radical (unpaired) electrons. The van der Waals surface area contributed by atoms with Crippen LogP contribution >= 0.6 is 0 Å². The van der Waals surface area contributed by atoms with Crippen LogP contribution in [-0.2, 0) is 13.0 Å². The summed E-state index contributed by atoms with van der Waals surface area (Å²) in [5.41, 5.74) is 2.82. The lowest BCUT2D eigenvalue weighted by molar-refractivity contribution is 0.400. The minimum Gasteiger partial charge on any atom is -0.331 e. The summed E-state index contributed by atoms with van der Waals surface area (Å²) < 4.78 is 2.49. The molecule has 16 heavy (non-hydrogen) atoms. The van der Waals surface area contributed by atoms with Crippen molar-refractivity contribution < 1.29 is 0 Å². The fourth-order valence-electron chi connectivity index (χ4n) is 2.73. The molecule has 1 aromatic rings. The molecule has 2 heterocycles. The van der Waals surface area contributed by atoms with E-state index in [1.165, 1.54) is 30.2 Å². The van der Waals surface area contributed by atoms with Gasteiger partial charge in [-0.1, -0.05) is 34.6 Å². The Balaban J connectivity index is 2.48. The average molecular weight is 220 g/mol. The molecule has 0 aromatic carbocycles. The number of aromatic nitrogens is 2. The Kier molecular flexibility index (Phi) is 3.09. The highest BCUT2D eigenvalue weighted by molar-refractivity contribution is 5.24. The van der Waals surface area contributed by atoms with Crippen LogP contribution < -0.4 is 0 Å². The summed E-state index contributed by atoms with van der Waals surface area (Å²) in [6.45, 7) is 12.6. The Hall–Kier alpha value is -0.790. The van der Waals surface area contributed by atoms with Gasteiger partial charge in [-0.15, -0.1) is 0 Å². The molecule has 1 unspecified atom stereocenters. The maximum Gasteiger partial charge on any atom is 0.109 e. The molecule has 0 saturated carbocycles. The second kappa shape index (κ2) is 4.23. The van der Waals surface area contributed by atoms with Gasteiger partial charge in [0.15, 0.2) is 0 Å². The predicted molar refractivity (Wildman–Crippen MR) is 67.9 cm³/mol. The largest absolute Gasteiger partial charge is 0.331 e.